The number of amides is 2. The van der Waals surface area contributed by atoms with Crippen LogP contribution in [0.1, 0.15) is 36.8 Å². The van der Waals surface area contributed by atoms with Gasteiger partial charge in [-0.25, -0.2) is 22.9 Å². The van der Waals surface area contributed by atoms with Gasteiger partial charge in [0, 0.05) is 18.3 Å². The second-order valence-corrected chi connectivity index (χ2v) is 8.74. The Hall–Kier alpha value is -4.25. The molecule has 0 fully saturated rings. The number of aromatic nitrogens is 1. The van der Waals surface area contributed by atoms with E-state index in [0.29, 0.717) is 18.7 Å². The zero-order valence-electron chi connectivity index (χ0n) is 18.0. The van der Waals surface area contributed by atoms with Crippen LogP contribution in [-0.4, -0.2) is 49.9 Å². The Kier molecular flexibility index (Phi) is 7.59. The molecule has 3 aromatic rings. The summed E-state index contributed by atoms with van der Waals surface area (Å²) in [7, 11) is -2.73. The highest BCUT2D eigenvalue weighted by Gasteiger charge is 2.21. The van der Waals surface area contributed by atoms with Crippen molar-refractivity contribution in [1.82, 2.24) is 15.0 Å². The molecule has 0 saturated carbocycles. The fraction of sp³-hybridized carbons (Fsp3) is 0.130. The number of carbonyl (C=O) groups is 3. The molecule has 34 heavy (non-hydrogen) atoms. The van der Waals surface area contributed by atoms with Gasteiger partial charge in [0.25, 0.3) is 21.8 Å². The minimum atomic E-state index is -4.30. The van der Waals surface area contributed by atoms with E-state index < -0.39 is 27.8 Å². The Morgan fingerprint density at radius 2 is 1.74 bits per heavy atom. The van der Waals surface area contributed by atoms with E-state index in [1.54, 1.807) is 7.11 Å². The number of hydrogen-bond donors (Lipinski definition) is 3. The number of aromatic carboxylic acids is 1. The van der Waals surface area contributed by atoms with Gasteiger partial charge >= 0.3 is 5.97 Å². The monoisotopic (exact) mass is 483 g/mol. The van der Waals surface area contributed by atoms with Gasteiger partial charge in [0.1, 0.15) is 11.4 Å². The third kappa shape index (κ3) is 6.17. The Morgan fingerprint density at radius 1 is 0.971 bits per heavy atom. The Balaban J connectivity index is 1.64. The number of rotatable bonds is 9. The molecular formula is C23H21N3O7S. The summed E-state index contributed by atoms with van der Waals surface area (Å²) in [5.41, 5.74) is 0.641. The summed E-state index contributed by atoms with van der Waals surface area (Å²) in [6.45, 7) is 0.319. The highest BCUT2D eigenvalue weighted by atomic mass is 32.2. The zero-order chi connectivity index (χ0) is 24.7. The van der Waals surface area contributed by atoms with E-state index in [1.807, 2.05) is 29.0 Å². The van der Waals surface area contributed by atoms with Crippen molar-refractivity contribution in [2.45, 2.75) is 11.3 Å². The van der Waals surface area contributed by atoms with Gasteiger partial charge in [-0.1, -0.05) is 18.2 Å². The normalized spacial score (nSPS) is 10.9. The highest BCUT2D eigenvalue weighted by molar-refractivity contribution is 7.90. The lowest BCUT2D eigenvalue weighted by molar-refractivity contribution is 0.0689. The van der Waals surface area contributed by atoms with Crippen molar-refractivity contribution in [3.63, 3.8) is 0 Å². The molecule has 2 aromatic carbocycles. The molecule has 0 aliphatic heterocycles. The molecule has 3 N–H and O–H groups in total. The molecule has 0 radical (unpaired) electrons. The fourth-order valence-electron chi connectivity index (χ4n) is 2.95. The molecular weight excluding hydrogens is 462 g/mol. The van der Waals surface area contributed by atoms with E-state index >= 15 is 0 Å². The second kappa shape index (κ2) is 10.6. The largest absolute Gasteiger partial charge is 0.497 e. The van der Waals surface area contributed by atoms with E-state index in [-0.39, 0.29) is 21.7 Å². The topological polar surface area (TPSA) is 152 Å². The number of carbonyl (C=O) groups excluding carboxylic acids is 2. The van der Waals surface area contributed by atoms with Gasteiger partial charge in [-0.2, -0.15) is 0 Å². The third-order valence-electron chi connectivity index (χ3n) is 4.71. The van der Waals surface area contributed by atoms with E-state index in [1.165, 1.54) is 18.2 Å². The summed E-state index contributed by atoms with van der Waals surface area (Å²) in [6.07, 6.45) is 1.51. The van der Waals surface area contributed by atoms with Crippen molar-refractivity contribution >= 4 is 27.8 Å². The fourth-order valence-corrected chi connectivity index (χ4v) is 3.97. The van der Waals surface area contributed by atoms with Crippen molar-refractivity contribution in [3.8, 4) is 5.75 Å². The molecule has 1 aromatic heterocycles. The summed E-state index contributed by atoms with van der Waals surface area (Å²) in [5.74, 6) is -2.03. The maximum Gasteiger partial charge on any atom is 0.354 e. The number of benzene rings is 2. The molecule has 0 atom stereocenters. The number of pyridine rings is 1. The van der Waals surface area contributed by atoms with Crippen LogP contribution in [0.25, 0.3) is 0 Å². The SMILES string of the molecule is COc1cccc(CCNC(=O)c2cccc(S(=O)(=O)NC(=O)c3ccc(C(=O)O)nc3)c2)c1. The van der Waals surface area contributed by atoms with E-state index in [0.717, 1.165) is 30.0 Å². The molecule has 176 valence electrons. The first-order valence-corrected chi connectivity index (χ1v) is 11.5. The van der Waals surface area contributed by atoms with Crippen molar-refractivity contribution in [3.05, 3.63) is 89.2 Å². The van der Waals surface area contributed by atoms with Crippen molar-refractivity contribution in [2.24, 2.45) is 0 Å². The number of sulfonamides is 1. The van der Waals surface area contributed by atoms with Gasteiger partial charge in [-0.15, -0.1) is 0 Å². The van der Waals surface area contributed by atoms with Crippen LogP contribution < -0.4 is 14.8 Å². The van der Waals surface area contributed by atoms with Crippen LogP contribution in [0.4, 0.5) is 0 Å². The minimum absolute atomic E-state index is 0.105. The van der Waals surface area contributed by atoms with Gasteiger partial charge in [-0.3, -0.25) is 9.59 Å². The van der Waals surface area contributed by atoms with Gasteiger partial charge < -0.3 is 15.2 Å². The van der Waals surface area contributed by atoms with Crippen LogP contribution in [0.5, 0.6) is 5.75 Å². The second-order valence-electron chi connectivity index (χ2n) is 7.06. The molecule has 0 spiro atoms. The van der Waals surface area contributed by atoms with E-state index in [9.17, 15) is 22.8 Å². The lowest BCUT2D eigenvalue weighted by Crippen LogP contribution is -2.31. The lowest BCUT2D eigenvalue weighted by atomic mass is 10.1. The first-order valence-electron chi connectivity index (χ1n) is 9.97. The number of nitrogens with zero attached hydrogens (tertiary/aromatic N) is 1. The molecule has 0 aliphatic rings. The van der Waals surface area contributed by atoms with Gasteiger partial charge in [-0.05, 0) is 54.4 Å². The lowest BCUT2D eigenvalue weighted by Gasteiger charge is -2.10. The molecule has 2 amide bonds. The summed E-state index contributed by atoms with van der Waals surface area (Å²) < 4.78 is 32.3. The van der Waals surface area contributed by atoms with Crippen molar-refractivity contribution < 1.29 is 32.6 Å². The zero-order valence-corrected chi connectivity index (χ0v) is 18.8. The number of carboxylic acid groups (broad SMARTS) is 1. The van der Waals surface area contributed by atoms with Crippen LogP contribution in [-0.2, 0) is 16.4 Å². The maximum absolute atomic E-state index is 12.6. The molecule has 0 saturated heterocycles. The van der Waals surface area contributed by atoms with Crippen LogP contribution in [0, 0.1) is 0 Å². The predicted octanol–water partition coefficient (Wildman–Crippen LogP) is 1.88. The average Bonchev–Trinajstić information content (AvgIpc) is 2.84. The number of nitrogens with one attached hydrogen (secondary N) is 2. The number of methoxy groups -OCH3 is 1. The van der Waals surface area contributed by atoms with Crippen LogP contribution in [0.3, 0.4) is 0 Å². The Morgan fingerprint density at radius 3 is 2.41 bits per heavy atom. The van der Waals surface area contributed by atoms with Crippen LogP contribution in [0.15, 0.2) is 71.8 Å². The average molecular weight is 484 g/mol. The van der Waals surface area contributed by atoms with Crippen molar-refractivity contribution in [1.29, 1.82) is 0 Å². The molecule has 10 nitrogen and oxygen atoms in total. The Bertz CT molecular complexity index is 1320. The molecule has 1 heterocycles. The van der Waals surface area contributed by atoms with Gasteiger partial charge in [0.2, 0.25) is 0 Å². The summed E-state index contributed by atoms with van der Waals surface area (Å²) in [6, 6.07) is 14.9. The third-order valence-corrected chi connectivity index (χ3v) is 6.04. The quantitative estimate of drug-likeness (QED) is 0.417. The standard InChI is InChI=1S/C23H21N3O7S/c1-33-18-6-2-4-15(12-18)10-11-24-21(27)16-5-3-7-19(13-16)34(31,32)26-22(28)17-8-9-20(23(29)30)25-14-17/h2-9,12-14H,10-11H2,1H3,(H,24,27)(H,26,28)(H,29,30). The molecule has 0 aliphatic carbocycles. The molecule has 0 bridgehead atoms. The molecule has 3 rings (SSSR count). The first kappa shape index (κ1) is 24.4. The van der Waals surface area contributed by atoms with Gasteiger partial charge in [0.15, 0.2) is 0 Å². The van der Waals surface area contributed by atoms with Gasteiger partial charge in [0.05, 0.1) is 17.6 Å². The number of carboxylic acids is 1. The number of ether oxygens (including phenoxy) is 1. The van der Waals surface area contributed by atoms with E-state index in [4.69, 9.17) is 9.84 Å². The van der Waals surface area contributed by atoms with E-state index in [2.05, 4.69) is 10.3 Å². The van der Waals surface area contributed by atoms with Crippen LogP contribution in [0.2, 0.25) is 0 Å². The predicted molar refractivity (Wildman–Crippen MR) is 121 cm³/mol. The first-order chi connectivity index (χ1) is 16.2. The summed E-state index contributed by atoms with van der Waals surface area (Å²) >= 11 is 0. The van der Waals surface area contributed by atoms with Crippen molar-refractivity contribution in [2.75, 3.05) is 13.7 Å². The molecule has 11 heteroatoms. The summed E-state index contributed by atoms with van der Waals surface area (Å²) in [4.78, 5) is 38.9. The minimum Gasteiger partial charge on any atom is -0.497 e. The number of hydrogen-bond acceptors (Lipinski definition) is 7. The molecule has 0 unspecified atom stereocenters. The smallest absolute Gasteiger partial charge is 0.354 e. The van der Waals surface area contributed by atoms with Crippen LogP contribution >= 0.6 is 0 Å². The Labute approximate surface area is 195 Å². The highest BCUT2D eigenvalue weighted by Crippen LogP contribution is 2.14. The summed E-state index contributed by atoms with van der Waals surface area (Å²) in [5, 5.41) is 11.6. The maximum atomic E-state index is 12.6.